The molecule has 0 amide bonds. The minimum atomic E-state index is 0.220. The van der Waals surface area contributed by atoms with Crippen LogP contribution in [-0.4, -0.2) is 26.8 Å². The number of methoxy groups -OCH3 is 1. The molecule has 0 unspecified atom stereocenters. The fourth-order valence-corrected chi connectivity index (χ4v) is 3.08. The third-order valence-corrected chi connectivity index (χ3v) is 3.93. The summed E-state index contributed by atoms with van der Waals surface area (Å²) < 4.78 is 5.50. The van der Waals surface area contributed by atoms with Crippen molar-refractivity contribution in [2.45, 2.75) is 32.1 Å². The molecule has 0 radical (unpaired) electrons. The second kappa shape index (κ2) is 5.19. The first kappa shape index (κ1) is 12.6. The molecule has 1 fully saturated rings. The van der Waals surface area contributed by atoms with E-state index < -0.39 is 0 Å². The lowest BCUT2D eigenvalue weighted by Crippen LogP contribution is -2.43. The lowest BCUT2D eigenvalue weighted by molar-refractivity contribution is 0.107. The normalized spacial score (nSPS) is 19.2. The van der Waals surface area contributed by atoms with Crippen molar-refractivity contribution in [2.24, 2.45) is 0 Å². The Balaban J connectivity index is 2.37. The first-order valence-electron chi connectivity index (χ1n) is 6.45. The number of nitrogens with one attached hydrogen (secondary N) is 1. The summed E-state index contributed by atoms with van der Waals surface area (Å²) >= 11 is 0. The van der Waals surface area contributed by atoms with Gasteiger partial charge in [-0.2, -0.15) is 0 Å². The Kier molecular flexibility index (Phi) is 3.85. The number of rotatable bonds is 3. The monoisotopic (exact) mass is 233 g/mol. The van der Waals surface area contributed by atoms with Gasteiger partial charge in [0.05, 0.1) is 6.61 Å². The molecule has 0 aromatic heterocycles. The number of benzene rings is 1. The molecule has 0 aliphatic carbocycles. The van der Waals surface area contributed by atoms with Crippen molar-refractivity contribution < 1.29 is 4.74 Å². The third kappa shape index (κ3) is 2.53. The molecule has 0 bridgehead atoms. The van der Waals surface area contributed by atoms with E-state index in [-0.39, 0.29) is 5.41 Å². The Morgan fingerprint density at radius 3 is 2.53 bits per heavy atom. The maximum absolute atomic E-state index is 5.50. The van der Waals surface area contributed by atoms with E-state index in [1.165, 1.54) is 29.5 Å². The van der Waals surface area contributed by atoms with Crippen LogP contribution in [0, 0.1) is 13.8 Å². The van der Waals surface area contributed by atoms with Crippen molar-refractivity contribution in [2.75, 3.05) is 26.8 Å². The topological polar surface area (TPSA) is 21.3 Å². The molecule has 2 rings (SSSR count). The first-order valence-corrected chi connectivity index (χ1v) is 6.45. The summed E-state index contributed by atoms with van der Waals surface area (Å²) in [5.41, 5.74) is 4.45. The van der Waals surface area contributed by atoms with E-state index in [2.05, 4.69) is 37.4 Å². The molecule has 1 aliphatic rings. The number of piperidine rings is 1. The molecule has 1 heterocycles. The molecule has 1 aliphatic heterocycles. The highest BCUT2D eigenvalue weighted by atomic mass is 16.5. The molecule has 2 nitrogen and oxygen atoms in total. The molecular formula is C15H23NO. The third-order valence-electron chi connectivity index (χ3n) is 3.93. The highest BCUT2D eigenvalue weighted by Gasteiger charge is 2.34. The van der Waals surface area contributed by atoms with Crippen molar-refractivity contribution in [1.29, 1.82) is 0 Å². The zero-order valence-corrected chi connectivity index (χ0v) is 11.2. The van der Waals surface area contributed by atoms with Gasteiger partial charge in [-0.3, -0.25) is 0 Å². The van der Waals surface area contributed by atoms with Gasteiger partial charge in [0.2, 0.25) is 0 Å². The molecule has 0 atom stereocenters. The van der Waals surface area contributed by atoms with Gasteiger partial charge in [0.15, 0.2) is 0 Å². The lowest BCUT2D eigenvalue weighted by atomic mass is 9.72. The zero-order valence-electron chi connectivity index (χ0n) is 11.2. The smallest absolute Gasteiger partial charge is 0.0560 e. The predicted octanol–water partition coefficient (Wildman–Crippen LogP) is 2.57. The van der Waals surface area contributed by atoms with Gasteiger partial charge in [-0.15, -0.1) is 0 Å². The second-order valence-electron chi connectivity index (χ2n) is 5.28. The standard InChI is InChI=1S/C15H23NO/c1-12-4-5-14(13(2)10-12)15(11-17-3)6-8-16-9-7-15/h4-5,10,16H,6-9,11H2,1-3H3. The van der Waals surface area contributed by atoms with Crippen molar-refractivity contribution in [3.05, 3.63) is 34.9 Å². The Bertz CT molecular complexity index is 375. The van der Waals surface area contributed by atoms with Gasteiger partial charge < -0.3 is 10.1 Å². The SMILES string of the molecule is COCC1(c2ccc(C)cc2C)CCNCC1. The number of hydrogen-bond donors (Lipinski definition) is 1. The van der Waals surface area contributed by atoms with Gasteiger partial charge in [-0.1, -0.05) is 23.8 Å². The number of aryl methyl sites for hydroxylation is 2. The maximum Gasteiger partial charge on any atom is 0.0560 e. The van der Waals surface area contributed by atoms with Gasteiger partial charge in [-0.05, 0) is 50.9 Å². The van der Waals surface area contributed by atoms with Crippen LogP contribution in [0.4, 0.5) is 0 Å². The Morgan fingerprint density at radius 1 is 1.24 bits per heavy atom. The molecule has 1 N–H and O–H groups in total. The maximum atomic E-state index is 5.50. The van der Waals surface area contributed by atoms with E-state index in [9.17, 15) is 0 Å². The average Bonchev–Trinajstić information content (AvgIpc) is 2.30. The molecule has 94 valence electrons. The molecule has 0 spiro atoms. The molecular weight excluding hydrogens is 210 g/mol. The second-order valence-corrected chi connectivity index (χ2v) is 5.28. The van der Waals surface area contributed by atoms with Gasteiger partial charge in [0.1, 0.15) is 0 Å². The van der Waals surface area contributed by atoms with Crippen LogP contribution in [0.25, 0.3) is 0 Å². The van der Waals surface area contributed by atoms with Crippen LogP contribution in [0.2, 0.25) is 0 Å². The summed E-state index contributed by atoms with van der Waals surface area (Å²) in [5.74, 6) is 0. The largest absolute Gasteiger partial charge is 0.384 e. The van der Waals surface area contributed by atoms with Gasteiger partial charge >= 0.3 is 0 Å². The summed E-state index contributed by atoms with van der Waals surface area (Å²) in [6.07, 6.45) is 2.34. The Labute approximate surface area is 104 Å². The van der Waals surface area contributed by atoms with Crippen LogP contribution in [-0.2, 0) is 10.2 Å². The van der Waals surface area contributed by atoms with E-state index in [0.29, 0.717) is 0 Å². The van der Waals surface area contributed by atoms with E-state index in [4.69, 9.17) is 4.74 Å². The van der Waals surface area contributed by atoms with E-state index >= 15 is 0 Å². The molecule has 1 aromatic rings. The van der Waals surface area contributed by atoms with Gasteiger partial charge in [0, 0.05) is 12.5 Å². The molecule has 1 aromatic carbocycles. The van der Waals surface area contributed by atoms with Crippen molar-refractivity contribution >= 4 is 0 Å². The van der Waals surface area contributed by atoms with E-state index in [1.807, 2.05) is 7.11 Å². The molecule has 0 saturated carbocycles. The summed E-state index contributed by atoms with van der Waals surface area (Å²) in [6, 6.07) is 6.81. The first-order chi connectivity index (χ1) is 8.18. The van der Waals surface area contributed by atoms with Crippen molar-refractivity contribution in [3.63, 3.8) is 0 Å². The highest BCUT2D eigenvalue weighted by molar-refractivity contribution is 5.37. The predicted molar refractivity (Wildman–Crippen MR) is 71.6 cm³/mol. The molecule has 1 saturated heterocycles. The summed E-state index contributed by atoms with van der Waals surface area (Å²) in [6.45, 7) is 7.40. The number of ether oxygens (including phenoxy) is 1. The minimum absolute atomic E-state index is 0.220. The van der Waals surface area contributed by atoms with Crippen LogP contribution in [0.5, 0.6) is 0 Å². The van der Waals surface area contributed by atoms with Gasteiger partial charge in [-0.25, -0.2) is 0 Å². The number of hydrogen-bond acceptors (Lipinski definition) is 2. The van der Waals surface area contributed by atoms with Crippen molar-refractivity contribution in [3.8, 4) is 0 Å². The summed E-state index contributed by atoms with van der Waals surface area (Å²) in [7, 11) is 1.81. The highest BCUT2D eigenvalue weighted by Crippen LogP contribution is 2.35. The van der Waals surface area contributed by atoms with Crippen LogP contribution < -0.4 is 5.32 Å². The quantitative estimate of drug-likeness (QED) is 0.866. The van der Waals surface area contributed by atoms with Crippen LogP contribution in [0.15, 0.2) is 18.2 Å². The van der Waals surface area contributed by atoms with Crippen LogP contribution in [0.3, 0.4) is 0 Å². The Hall–Kier alpha value is -0.860. The minimum Gasteiger partial charge on any atom is -0.384 e. The zero-order chi connectivity index (χ0) is 12.3. The van der Waals surface area contributed by atoms with Gasteiger partial charge in [0.25, 0.3) is 0 Å². The summed E-state index contributed by atoms with van der Waals surface area (Å²) in [5, 5.41) is 3.44. The lowest BCUT2D eigenvalue weighted by Gasteiger charge is -2.38. The van der Waals surface area contributed by atoms with Crippen molar-refractivity contribution in [1.82, 2.24) is 5.32 Å². The fourth-order valence-electron chi connectivity index (χ4n) is 3.08. The fraction of sp³-hybridized carbons (Fsp3) is 0.600. The van der Waals surface area contributed by atoms with Crippen LogP contribution >= 0.6 is 0 Å². The van der Waals surface area contributed by atoms with E-state index in [1.54, 1.807) is 0 Å². The molecule has 17 heavy (non-hydrogen) atoms. The summed E-state index contributed by atoms with van der Waals surface area (Å²) in [4.78, 5) is 0. The van der Waals surface area contributed by atoms with E-state index in [0.717, 1.165) is 19.7 Å². The average molecular weight is 233 g/mol. The molecule has 2 heteroatoms. The Morgan fingerprint density at radius 2 is 1.94 bits per heavy atom. The van der Waals surface area contributed by atoms with Crippen LogP contribution in [0.1, 0.15) is 29.5 Å².